The number of carbonyl (C=O) groups excluding carboxylic acids is 3. The number of nitrogens with one attached hydrogen (secondary N) is 1. The third-order valence-electron chi connectivity index (χ3n) is 6.58. The second kappa shape index (κ2) is 8.28. The average molecular weight is 479 g/mol. The molecule has 4 rings (SSSR count). The van der Waals surface area contributed by atoms with Gasteiger partial charge in [-0.05, 0) is 45.4 Å². The van der Waals surface area contributed by atoms with Crippen LogP contribution in [0.4, 0.5) is 0 Å². The molecule has 2 atom stereocenters. The van der Waals surface area contributed by atoms with Crippen molar-refractivity contribution in [1.29, 1.82) is 0 Å². The number of carbonyl (C=O) groups is 3. The first-order valence-corrected chi connectivity index (χ1v) is 10.9. The number of allylic oxidation sites excluding steroid dienone is 4. The molecule has 2 aromatic rings. The molecule has 0 bridgehead atoms. The Morgan fingerprint density at radius 2 is 1.83 bits per heavy atom. The number of hydrogen-bond donors (Lipinski definition) is 5. The molecule has 9 nitrogen and oxygen atoms in total. The summed E-state index contributed by atoms with van der Waals surface area (Å²) < 4.78 is 5.73. The molecule has 5 N–H and O–H groups in total. The molecule has 1 aliphatic carbocycles. The smallest absolute Gasteiger partial charge is 0.194 e. The normalized spacial score (nSPS) is 21.0. The largest absolute Gasteiger partial charge is 0.508 e. The molecule has 0 spiro atoms. The number of rotatable bonds is 5. The zero-order chi connectivity index (χ0) is 25.8. The molecular weight excluding hydrogens is 454 g/mol. The van der Waals surface area contributed by atoms with Crippen LogP contribution in [-0.2, 0) is 15.0 Å². The molecule has 1 heterocycles. The number of aliphatic hydroxyl groups is 1. The highest BCUT2D eigenvalue weighted by atomic mass is 16.5. The minimum atomic E-state index is -1.61. The van der Waals surface area contributed by atoms with Gasteiger partial charge in [0.15, 0.2) is 17.3 Å². The second-order valence-corrected chi connectivity index (χ2v) is 8.88. The Balaban J connectivity index is 1.76. The summed E-state index contributed by atoms with van der Waals surface area (Å²) in [6.45, 7) is 5.58. The zero-order valence-corrected chi connectivity index (χ0v) is 19.6. The number of Topliss-reactive ketones (excluding diaryl/α,β-unsaturated/α-hetero) is 2. The number of aromatic hydroxyl groups is 3. The maximum Gasteiger partial charge on any atom is 0.194 e. The Hall–Kier alpha value is -4.11. The van der Waals surface area contributed by atoms with Gasteiger partial charge in [-0.3, -0.25) is 14.4 Å². The fourth-order valence-corrected chi connectivity index (χ4v) is 4.55. The van der Waals surface area contributed by atoms with Crippen molar-refractivity contribution in [2.24, 2.45) is 0 Å². The van der Waals surface area contributed by atoms with Crippen molar-refractivity contribution in [3.8, 4) is 23.0 Å². The summed E-state index contributed by atoms with van der Waals surface area (Å²) in [7, 11) is 0. The predicted molar refractivity (Wildman–Crippen MR) is 124 cm³/mol. The van der Waals surface area contributed by atoms with Crippen LogP contribution in [0.1, 0.15) is 53.9 Å². The number of fused-ring (bicyclic) bond motifs is 3. The number of phenolic OH excluding ortho intramolecular Hbond substituents is 3. The van der Waals surface area contributed by atoms with E-state index in [2.05, 4.69) is 5.32 Å². The average Bonchev–Trinajstić information content (AvgIpc) is 3.08. The Morgan fingerprint density at radius 3 is 2.46 bits per heavy atom. The van der Waals surface area contributed by atoms with Gasteiger partial charge in [-0.2, -0.15) is 0 Å². The lowest BCUT2D eigenvalue weighted by Gasteiger charge is -2.29. The van der Waals surface area contributed by atoms with E-state index in [1.807, 2.05) is 0 Å². The van der Waals surface area contributed by atoms with Crippen LogP contribution in [0.5, 0.6) is 23.0 Å². The van der Waals surface area contributed by atoms with Crippen molar-refractivity contribution in [3.05, 3.63) is 69.6 Å². The first-order chi connectivity index (χ1) is 16.4. The van der Waals surface area contributed by atoms with Crippen LogP contribution in [0.25, 0.3) is 0 Å². The molecule has 2 aromatic carbocycles. The highest BCUT2D eigenvalue weighted by Gasteiger charge is 2.56. The summed E-state index contributed by atoms with van der Waals surface area (Å²) in [5, 5.41) is 44.2. The Labute approximate surface area is 201 Å². The van der Waals surface area contributed by atoms with Crippen LogP contribution in [0, 0.1) is 6.92 Å². The van der Waals surface area contributed by atoms with E-state index < -0.39 is 40.4 Å². The highest BCUT2D eigenvalue weighted by molar-refractivity contribution is 6.31. The molecule has 0 radical (unpaired) electrons. The minimum absolute atomic E-state index is 0.00634. The monoisotopic (exact) mass is 479 g/mol. The number of phenols is 3. The third kappa shape index (κ3) is 3.55. The summed E-state index contributed by atoms with van der Waals surface area (Å²) >= 11 is 0. The number of benzene rings is 2. The molecule has 2 aliphatic rings. The predicted octanol–water partition coefficient (Wildman–Crippen LogP) is 2.60. The van der Waals surface area contributed by atoms with E-state index in [1.54, 1.807) is 12.1 Å². The highest BCUT2D eigenvalue weighted by Crippen LogP contribution is 2.57. The molecule has 9 heteroatoms. The molecular formula is C26H25NO8. The zero-order valence-electron chi connectivity index (χ0n) is 19.6. The number of ether oxygens (including phenoxy) is 1. The van der Waals surface area contributed by atoms with E-state index >= 15 is 0 Å². The van der Waals surface area contributed by atoms with Crippen molar-refractivity contribution >= 4 is 17.3 Å². The lowest BCUT2D eigenvalue weighted by Crippen LogP contribution is -2.41. The molecule has 0 saturated heterocycles. The molecule has 1 aliphatic heterocycles. The van der Waals surface area contributed by atoms with Crippen molar-refractivity contribution in [2.45, 2.75) is 39.2 Å². The summed E-state index contributed by atoms with van der Waals surface area (Å²) in [4.78, 5) is 38.9. The topological polar surface area (TPSA) is 153 Å². The minimum Gasteiger partial charge on any atom is -0.508 e. The van der Waals surface area contributed by atoms with Gasteiger partial charge in [0.1, 0.15) is 39.7 Å². The van der Waals surface area contributed by atoms with Crippen molar-refractivity contribution in [3.63, 3.8) is 0 Å². The number of aliphatic hydroxyl groups excluding tert-OH is 1. The van der Waals surface area contributed by atoms with Gasteiger partial charge in [0, 0.05) is 23.9 Å². The molecule has 0 aromatic heterocycles. The van der Waals surface area contributed by atoms with Gasteiger partial charge >= 0.3 is 0 Å². The summed E-state index contributed by atoms with van der Waals surface area (Å²) in [6, 6.07) is 6.08. The maximum absolute atomic E-state index is 13.7. The van der Waals surface area contributed by atoms with Gasteiger partial charge in [0.2, 0.25) is 0 Å². The first-order valence-electron chi connectivity index (χ1n) is 10.9. The van der Waals surface area contributed by atoms with Gasteiger partial charge in [0.05, 0.1) is 17.2 Å². The number of hydrogen-bond acceptors (Lipinski definition) is 9. The molecule has 0 amide bonds. The molecule has 1 unspecified atom stereocenters. The Kier molecular flexibility index (Phi) is 5.68. The van der Waals surface area contributed by atoms with Crippen molar-refractivity contribution < 1.29 is 39.5 Å². The van der Waals surface area contributed by atoms with Crippen LogP contribution in [-0.4, -0.2) is 44.3 Å². The maximum atomic E-state index is 13.7. The van der Waals surface area contributed by atoms with E-state index in [0.717, 1.165) is 6.08 Å². The van der Waals surface area contributed by atoms with E-state index in [-0.39, 0.29) is 51.8 Å². The van der Waals surface area contributed by atoms with E-state index in [9.17, 15) is 34.8 Å². The van der Waals surface area contributed by atoms with Crippen LogP contribution in [0.3, 0.4) is 0 Å². The summed E-state index contributed by atoms with van der Waals surface area (Å²) in [6.07, 6.45) is 0.0972. The summed E-state index contributed by atoms with van der Waals surface area (Å²) in [5.74, 6) is -2.91. The first kappa shape index (κ1) is 24.0. The molecule has 0 fully saturated rings. The van der Waals surface area contributed by atoms with Crippen LogP contribution in [0.15, 0.2) is 47.4 Å². The fourth-order valence-electron chi connectivity index (χ4n) is 4.55. The molecule has 0 saturated carbocycles. The quantitative estimate of drug-likeness (QED) is 0.247. The second-order valence-electron chi connectivity index (χ2n) is 8.88. The molecule has 182 valence electrons. The van der Waals surface area contributed by atoms with Crippen LogP contribution >= 0.6 is 0 Å². The van der Waals surface area contributed by atoms with Gasteiger partial charge in [-0.1, -0.05) is 12.1 Å². The van der Waals surface area contributed by atoms with Crippen LogP contribution in [0.2, 0.25) is 0 Å². The van der Waals surface area contributed by atoms with Gasteiger partial charge in [-0.25, -0.2) is 0 Å². The van der Waals surface area contributed by atoms with Crippen molar-refractivity contribution in [2.75, 3.05) is 6.54 Å². The third-order valence-corrected chi connectivity index (χ3v) is 6.58. The van der Waals surface area contributed by atoms with Gasteiger partial charge < -0.3 is 30.5 Å². The van der Waals surface area contributed by atoms with Crippen molar-refractivity contribution in [1.82, 2.24) is 5.32 Å². The number of ketones is 3. The van der Waals surface area contributed by atoms with E-state index in [0.29, 0.717) is 5.56 Å². The lowest BCUT2D eigenvalue weighted by molar-refractivity contribution is -0.123. The van der Waals surface area contributed by atoms with Crippen LogP contribution < -0.4 is 10.1 Å². The van der Waals surface area contributed by atoms with E-state index in [1.165, 1.54) is 39.8 Å². The summed E-state index contributed by atoms with van der Waals surface area (Å²) in [5.41, 5.74) is -1.32. The Morgan fingerprint density at radius 1 is 1.14 bits per heavy atom. The lowest BCUT2D eigenvalue weighted by atomic mass is 9.70. The fraction of sp³-hybridized carbons (Fsp3) is 0.269. The van der Waals surface area contributed by atoms with Gasteiger partial charge in [-0.15, -0.1) is 0 Å². The molecule has 35 heavy (non-hydrogen) atoms. The standard InChI is InChI=1S/C26H25NO8/c1-11-22(32)20(13(3)28)24-21(23(11)33)26(4)18(35-24)9-16(30)19(25(26)34)12(2)27-10-17(31)14-6-5-7-15(29)8-14/h5-9,17,27,29,31-33H,10H2,1-4H3/t17?,26-/m0/s1. The SMILES string of the molecule is CC(=O)c1c(O)c(C)c(O)c2c1OC1=CC(=O)C(=C(C)NCC(O)c3cccc(O)c3)C(=O)[C@@]12C. The Bertz CT molecular complexity index is 1370. The van der Waals surface area contributed by atoms with E-state index in [4.69, 9.17) is 4.74 Å². The van der Waals surface area contributed by atoms with Gasteiger partial charge in [0.25, 0.3) is 0 Å².